The Kier molecular flexibility index (Phi) is 4.11. The Balaban J connectivity index is 2.74. The van der Waals surface area contributed by atoms with Crippen molar-refractivity contribution < 1.29 is 4.79 Å². The first-order valence-corrected chi connectivity index (χ1v) is 4.63. The number of carbonyl (C=O) groups is 1. The molecule has 1 amide bonds. The number of amides is 1. The summed E-state index contributed by atoms with van der Waals surface area (Å²) >= 11 is 0. The molecular formula is C12H12N2O. The van der Waals surface area contributed by atoms with Crippen LogP contribution in [0.15, 0.2) is 30.3 Å². The van der Waals surface area contributed by atoms with Crippen LogP contribution < -0.4 is 5.32 Å². The van der Waals surface area contributed by atoms with Crippen molar-refractivity contribution in [1.82, 2.24) is 0 Å². The Morgan fingerprint density at radius 3 is 3.07 bits per heavy atom. The second kappa shape index (κ2) is 5.61. The van der Waals surface area contributed by atoms with Crippen molar-refractivity contribution in [3.8, 4) is 6.07 Å². The summed E-state index contributed by atoms with van der Waals surface area (Å²) < 4.78 is 0. The normalized spacial score (nSPS) is 9.87. The zero-order valence-corrected chi connectivity index (χ0v) is 8.53. The number of carbonyl (C=O) groups excluding carboxylic acids is 1. The number of nitrogens with zero attached hydrogens (tertiary/aromatic N) is 1. The summed E-state index contributed by atoms with van der Waals surface area (Å²) in [5.41, 5.74) is 1.73. The standard InChI is InChI=1S/C12H12N2O/c1-10(15)14-12-7-4-6-11(9-12)5-2-3-8-13/h2,4-7,9H,3H2,1H3,(H,14,15). The molecule has 0 saturated heterocycles. The highest BCUT2D eigenvalue weighted by atomic mass is 16.1. The van der Waals surface area contributed by atoms with Crippen LogP contribution in [-0.2, 0) is 4.79 Å². The summed E-state index contributed by atoms with van der Waals surface area (Å²) in [5, 5.41) is 11.1. The number of nitrogens with one attached hydrogen (secondary N) is 1. The lowest BCUT2D eigenvalue weighted by atomic mass is 10.2. The highest BCUT2D eigenvalue weighted by molar-refractivity contribution is 5.88. The van der Waals surface area contributed by atoms with E-state index >= 15 is 0 Å². The molecule has 0 aliphatic heterocycles. The summed E-state index contributed by atoms with van der Waals surface area (Å²) in [4.78, 5) is 10.8. The van der Waals surface area contributed by atoms with Crippen LogP contribution in [0.5, 0.6) is 0 Å². The van der Waals surface area contributed by atoms with Gasteiger partial charge in [0.25, 0.3) is 0 Å². The first-order valence-electron chi connectivity index (χ1n) is 4.63. The van der Waals surface area contributed by atoms with Crippen molar-refractivity contribution in [3.05, 3.63) is 35.9 Å². The predicted octanol–water partition coefficient (Wildman–Crippen LogP) is 2.57. The molecule has 3 heteroatoms. The predicted molar refractivity (Wildman–Crippen MR) is 60.0 cm³/mol. The molecule has 3 nitrogen and oxygen atoms in total. The van der Waals surface area contributed by atoms with Gasteiger partial charge >= 0.3 is 0 Å². The van der Waals surface area contributed by atoms with Crippen molar-refractivity contribution in [3.63, 3.8) is 0 Å². The van der Waals surface area contributed by atoms with E-state index in [9.17, 15) is 4.79 Å². The second-order valence-electron chi connectivity index (χ2n) is 3.07. The van der Waals surface area contributed by atoms with E-state index in [0.29, 0.717) is 6.42 Å². The topological polar surface area (TPSA) is 52.9 Å². The molecule has 1 aromatic carbocycles. The number of hydrogen-bond donors (Lipinski definition) is 1. The molecule has 0 saturated carbocycles. The van der Waals surface area contributed by atoms with Crippen LogP contribution in [0, 0.1) is 11.3 Å². The molecule has 0 aromatic heterocycles. The highest BCUT2D eigenvalue weighted by Crippen LogP contribution is 2.11. The molecule has 1 aromatic rings. The second-order valence-corrected chi connectivity index (χ2v) is 3.07. The Labute approximate surface area is 89.0 Å². The average Bonchev–Trinajstić information content (AvgIpc) is 2.18. The molecule has 0 bridgehead atoms. The smallest absolute Gasteiger partial charge is 0.221 e. The van der Waals surface area contributed by atoms with Crippen molar-refractivity contribution in [1.29, 1.82) is 5.26 Å². The number of benzene rings is 1. The molecule has 0 atom stereocenters. The molecule has 0 unspecified atom stereocenters. The molecule has 0 fully saturated rings. The van der Waals surface area contributed by atoms with Crippen LogP contribution in [0.1, 0.15) is 18.9 Å². The van der Waals surface area contributed by atoms with Gasteiger partial charge in [0.15, 0.2) is 0 Å². The van der Waals surface area contributed by atoms with Crippen LogP contribution in [-0.4, -0.2) is 5.91 Å². The maximum atomic E-state index is 10.8. The molecule has 1 N–H and O–H groups in total. The number of anilines is 1. The minimum absolute atomic E-state index is 0.0897. The van der Waals surface area contributed by atoms with E-state index in [4.69, 9.17) is 5.26 Å². The van der Waals surface area contributed by atoms with E-state index < -0.39 is 0 Å². The van der Waals surface area contributed by atoms with Crippen molar-refractivity contribution in [2.45, 2.75) is 13.3 Å². The number of allylic oxidation sites excluding steroid dienone is 1. The maximum Gasteiger partial charge on any atom is 0.221 e. The zero-order valence-electron chi connectivity index (χ0n) is 8.53. The summed E-state index contributed by atoms with van der Waals surface area (Å²) in [6, 6.07) is 9.48. The highest BCUT2D eigenvalue weighted by Gasteiger charge is 1.94. The van der Waals surface area contributed by atoms with E-state index in [0.717, 1.165) is 11.3 Å². The Hall–Kier alpha value is -2.08. The van der Waals surface area contributed by atoms with Gasteiger partial charge in [-0.15, -0.1) is 0 Å². The van der Waals surface area contributed by atoms with Crippen LogP contribution in [0.4, 0.5) is 5.69 Å². The lowest BCUT2D eigenvalue weighted by molar-refractivity contribution is -0.114. The van der Waals surface area contributed by atoms with Gasteiger partial charge in [-0.2, -0.15) is 5.26 Å². The molecule has 1 rings (SSSR count). The van der Waals surface area contributed by atoms with E-state index in [1.807, 2.05) is 36.4 Å². The van der Waals surface area contributed by atoms with Crippen molar-refractivity contribution in [2.24, 2.45) is 0 Å². The first kappa shape index (κ1) is 11.0. The van der Waals surface area contributed by atoms with Crippen molar-refractivity contribution in [2.75, 3.05) is 5.32 Å². The molecule has 0 spiro atoms. The van der Waals surface area contributed by atoms with Crippen LogP contribution in [0.2, 0.25) is 0 Å². The molecule has 0 aliphatic carbocycles. The summed E-state index contributed by atoms with van der Waals surface area (Å²) in [5.74, 6) is -0.0897. The van der Waals surface area contributed by atoms with Gasteiger partial charge in [0.2, 0.25) is 5.91 Å². The molecule has 76 valence electrons. The Morgan fingerprint density at radius 2 is 2.40 bits per heavy atom. The summed E-state index contributed by atoms with van der Waals surface area (Å²) in [7, 11) is 0. The third kappa shape index (κ3) is 4.10. The van der Waals surface area contributed by atoms with Crippen LogP contribution >= 0.6 is 0 Å². The van der Waals surface area contributed by atoms with E-state index in [1.165, 1.54) is 6.92 Å². The maximum absolute atomic E-state index is 10.8. The molecule has 0 heterocycles. The quantitative estimate of drug-likeness (QED) is 0.815. The number of hydrogen-bond acceptors (Lipinski definition) is 2. The fraction of sp³-hybridized carbons (Fsp3) is 0.167. The third-order valence-electron chi connectivity index (χ3n) is 1.73. The largest absolute Gasteiger partial charge is 0.326 e. The average molecular weight is 200 g/mol. The molecule has 15 heavy (non-hydrogen) atoms. The molecular weight excluding hydrogens is 188 g/mol. The monoisotopic (exact) mass is 200 g/mol. The van der Waals surface area contributed by atoms with Gasteiger partial charge < -0.3 is 5.32 Å². The SMILES string of the molecule is CC(=O)Nc1cccc(C=CCC#N)c1. The van der Waals surface area contributed by atoms with Crippen LogP contribution in [0.3, 0.4) is 0 Å². The fourth-order valence-electron chi connectivity index (χ4n) is 1.17. The first-order chi connectivity index (χ1) is 7.22. The summed E-state index contributed by atoms with van der Waals surface area (Å²) in [6.07, 6.45) is 4.03. The minimum atomic E-state index is -0.0897. The van der Waals surface area contributed by atoms with Crippen LogP contribution in [0.25, 0.3) is 6.08 Å². The van der Waals surface area contributed by atoms with E-state index in [2.05, 4.69) is 5.32 Å². The lowest BCUT2D eigenvalue weighted by Gasteiger charge is -2.02. The third-order valence-corrected chi connectivity index (χ3v) is 1.73. The summed E-state index contributed by atoms with van der Waals surface area (Å²) in [6.45, 7) is 1.47. The van der Waals surface area contributed by atoms with Gasteiger partial charge in [-0.05, 0) is 17.7 Å². The van der Waals surface area contributed by atoms with E-state index in [-0.39, 0.29) is 5.91 Å². The zero-order chi connectivity index (χ0) is 11.1. The van der Waals surface area contributed by atoms with Gasteiger partial charge in [-0.3, -0.25) is 4.79 Å². The van der Waals surface area contributed by atoms with E-state index in [1.54, 1.807) is 6.08 Å². The van der Waals surface area contributed by atoms with Gasteiger partial charge in [0.05, 0.1) is 12.5 Å². The minimum Gasteiger partial charge on any atom is -0.326 e. The van der Waals surface area contributed by atoms with Gasteiger partial charge in [0.1, 0.15) is 0 Å². The Bertz CT molecular complexity index is 416. The fourth-order valence-corrected chi connectivity index (χ4v) is 1.17. The van der Waals surface area contributed by atoms with Gasteiger partial charge in [0, 0.05) is 12.6 Å². The number of rotatable bonds is 3. The van der Waals surface area contributed by atoms with Gasteiger partial charge in [-0.1, -0.05) is 24.3 Å². The Morgan fingerprint density at radius 1 is 1.60 bits per heavy atom. The lowest BCUT2D eigenvalue weighted by Crippen LogP contribution is -2.05. The van der Waals surface area contributed by atoms with Crippen molar-refractivity contribution >= 4 is 17.7 Å². The van der Waals surface area contributed by atoms with Gasteiger partial charge in [-0.25, -0.2) is 0 Å². The molecule has 0 radical (unpaired) electrons. The molecule has 0 aliphatic rings. The number of nitriles is 1.